The predicted octanol–water partition coefficient (Wildman–Crippen LogP) is 5.17. The summed E-state index contributed by atoms with van der Waals surface area (Å²) < 4.78 is 0. The second-order valence-electron chi connectivity index (χ2n) is 5.87. The molecule has 2 nitrogen and oxygen atoms in total. The monoisotopic (exact) mass is 296 g/mol. The number of hydrogen-bond donors (Lipinski definition) is 0. The van der Waals surface area contributed by atoms with E-state index in [0.29, 0.717) is 6.17 Å². The summed E-state index contributed by atoms with van der Waals surface area (Å²) in [7, 11) is 4.40. The molecule has 0 aliphatic rings. The van der Waals surface area contributed by atoms with Crippen LogP contribution in [0.25, 0.3) is 0 Å². The van der Waals surface area contributed by atoms with E-state index in [2.05, 4.69) is 91.5 Å². The van der Waals surface area contributed by atoms with Crippen LogP contribution in [0.2, 0.25) is 0 Å². The van der Waals surface area contributed by atoms with Gasteiger partial charge < -0.3 is 9.80 Å². The lowest BCUT2D eigenvalue weighted by Crippen LogP contribution is -2.45. The molecule has 2 heteroatoms. The maximum absolute atomic E-state index is 2.39. The van der Waals surface area contributed by atoms with E-state index in [-0.39, 0.29) is 0 Å². The van der Waals surface area contributed by atoms with E-state index in [9.17, 15) is 0 Å². The Morgan fingerprint density at radius 1 is 0.727 bits per heavy atom. The number of nitrogens with zero attached hydrogens (tertiary/aromatic N) is 2. The molecule has 0 aliphatic heterocycles. The van der Waals surface area contributed by atoms with E-state index in [4.69, 9.17) is 0 Å². The highest BCUT2D eigenvalue weighted by Gasteiger charge is 2.20. The van der Waals surface area contributed by atoms with Crippen molar-refractivity contribution >= 4 is 11.4 Å². The van der Waals surface area contributed by atoms with Gasteiger partial charge in [-0.2, -0.15) is 0 Å². The second kappa shape index (κ2) is 8.47. The first-order valence-corrected chi connectivity index (χ1v) is 8.29. The molecule has 0 N–H and O–H groups in total. The summed E-state index contributed by atoms with van der Waals surface area (Å²) in [4.78, 5) is 4.78. The van der Waals surface area contributed by atoms with Crippen LogP contribution in [-0.4, -0.2) is 20.3 Å². The SMILES string of the molecule is CCCCCC(N(C)c1ccccc1)N(C)c1ccccc1. The van der Waals surface area contributed by atoms with Crippen molar-refractivity contribution in [3.05, 3.63) is 60.7 Å². The molecule has 0 fully saturated rings. The van der Waals surface area contributed by atoms with Gasteiger partial charge in [-0.3, -0.25) is 0 Å². The molecule has 0 atom stereocenters. The molecule has 0 aliphatic carbocycles. The summed E-state index contributed by atoms with van der Waals surface area (Å²) in [5.74, 6) is 0. The molecule has 2 aromatic rings. The maximum Gasteiger partial charge on any atom is 0.101 e. The van der Waals surface area contributed by atoms with Crippen molar-refractivity contribution in [2.24, 2.45) is 0 Å². The molecule has 0 unspecified atom stereocenters. The van der Waals surface area contributed by atoms with Crippen LogP contribution in [0.4, 0.5) is 11.4 Å². The van der Waals surface area contributed by atoms with Crippen molar-refractivity contribution in [1.29, 1.82) is 0 Å². The molecule has 0 saturated heterocycles. The summed E-state index contributed by atoms with van der Waals surface area (Å²) in [6, 6.07) is 21.3. The van der Waals surface area contributed by atoms with Crippen molar-refractivity contribution in [2.45, 2.75) is 38.8 Å². The molecule has 118 valence electrons. The minimum Gasteiger partial charge on any atom is -0.354 e. The summed E-state index contributed by atoms with van der Waals surface area (Å²) in [5, 5.41) is 0. The highest BCUT2D eigenvalue weighted by molar-refractivity contribution is 5.52. The zero-order valence-electron chi connectivity index (χ0n) is 14.1. The van der Waals surface area contributed by atoms with Crippen LogP contribution in [0.15, 0.2) is 60.7 Å². The van der Waals surface area contributed by atoms with Crippen molar-refractivity contribution < 1.29 is 0 Å². The fourth-order valence-corrected chi connectivity index (χ4v) is 2.89. The Bertz CT molecular complexity index is 478. The van der Waals surface area contributed by atoms with Gasteiger partial charge in [-0.15, -0.1) is 0 Å². The van der Waals surface area contributed by atoms with Gasteiger partial charge in [0.05, 0.1) is 0 Å². The average molecular weight is 296 g/mol. The fourth-order valence-electron chi connectivity index (χ4n) is 2.89. The topological polar surface area (TPSA) is 6.48 Å². The van der Waals surface area contributed by atoms with Crippen molar-refractivity contribution in [2.75, 3.05) is 23.9 Å². The molecule has 0 amide bonds. The smallest absolute Gasteiger partial charge is 0.101 e. The van der Waals surface area contributed by atoms with E-state index >= 15 is 0 Å². The summed E-state index contributed by atoms with van der Waals surface area (Å²) >= 11 is 0. The molecule has 0 bridgehead atoms. The number of para-hydroxylation sites is 2. The quantitative estimate of drug-likeness (QED) is 0.490. The highest BCUT2D eigenvalue weighted by atomic mass is 15.3. The molecule has 0 aromatic heterocycles. The zero-order valence-corrected chi connectivity index (χ0v) is 14.1. The zero-order chi connectivity index (χ0) is 15.8. The van der Waals surface area contributed by atoms with Crippen molar-refractivity contribution in [3.8, 4) is 0 Å². The third-order valence-electron chi connectivity index (χ3n) is 4.29. The van der Waals surface area contributed by atoms with Gasteiger partial charge in [0.15, 0.2) is 0 Å². The average Bonchev–Trinajstić information content (AvgIpc) is 2.59. The fraction of sp³-hybridized carbons (Fsp3) is 0.400. The van der Waals surface area contributed by atoms with Gasteiger partial charge in [0.1, 0.15) is 6.17 Å². The Kier molecular flexibility index (Phi) is 6.32. The van der Waals surface area contributed by atoms with Gasteiger partial charge in [0, 0.05) is 25.5 Å². The van der Waals surface area contributed by atoms with Crippen LogP contribution in [0.1, 0.15) is 32.6 Å². The molecule has 22 heavy (non-hydrogen) atoms. The second-order valence-corrected chi connectivity index (χ2v) is 5.87. The van der Waals surface area contributed by atoms with Crippen LogP contribution in [0.5, 0.6) is 0 Å². The van der Waals surface area contributed by atoms with Crippen molar-refractivity contribution in [1.82, 2.24) is 0 Å². The molecule has 0 heterocycles. The molecule has 0 saturated carbocycles. The predicted molar refractivity (Wildman–Crippen MR) is 97.6 cm³/mol. The molecule has 2 aromatic carbocycles. The molecular formula is C20H28N2. The van der Waals surface area contributed by atoms with E-state index in [1.807, 2.05) is 0 Å². The van der Waals surface area contributed by atoms with Gasteiger partial charge >= 0.3 is 0 Å². The van der Waals surface area contributed by atoms with Crippen molar-refractivity contribution in [3.63, 3.8) is 0 Å². The van der Waals surface area contributed by atoms with Gasteiger partial charge in [-0.1, -0.05) is 56.2 Å². The van der Waals surface area contributed by atoms with Crippen LogP contribution in [0, 0.1) is 0 Å². The van der Waals surface area contributed by atoms with Crippen LogP contribution < -0.4 is 9.80 Å². The van der Waals surface area contributed by atoms with Gasteiger partial charge in [-0.05, 0) is 37.1 Å². The lowest BCUT2D eigenvalue weighted by atomic mass is 10.1. The minimum absolute atomic E-state index is 0.372. The summed E-state index contributed by atoms with van der Waals surface area (Å²) in [5.41, 5.74) is 2.54. The Labute approximate surface area is 135 Å². The molecule has 0 spiro atoms. The van der Waals surface area contributed by atoms with Crippen LogP contribution in [-0.2, 0) is 0 Å². The van der Waals surface area contributed by atoms with Crippen LogP contribution in [0.3, 0.4) is 0 Å². The first kappa shape index (κ1) is 16.4. The largest absolute Gasteiger partial charge is 0.354 e. The number of benzene rings is 2. The first-order valence-electron chi connectivity index (χ1n) is 8.29. The van der Waals surface area contributed by atoms with Gasteiger partial charge in [0.2, 0.25) is 0 Å². The Morgan fingerprint density at radius 3 is 1.59 bits per heavy atom. The third kappa shape index (κ3) is 4.27. The lowest BCUT2D eigenvalue weighted by Gasteiger charge is -2.38. The normalized spacial score (nSPS) is 10.7. The molecular weight excluding hydrogens is 268 g/mol. The number of rotatable bonds is 8. The highest BCUT2D eigenvalue weighted by Crippen LogP contribution is 2.24. The Hall–Kier alpha value is -1.96. The maximum atomic E-state index is 2.39. The molecule has 0 radical (unpaired) electrons. The summed E-state index contributed by atoms with van der Waals surface area (Å²) in [6.07, 6.45) is 5.36. The van der Waals surface area contributed by atoms with Gasteiger partial charge in [0.25, 0.3) is 0 Å². The van der Waals surface area contributed by atoms with Gasteiger partial charge in [-0.25, -0.2) is 0 Å². The Morgan fingerprint density at radius 2 is 1.18 bits per heavy atom. The minimum atomic E-state index is 0.372. The van der Waals surface area contributed by atoms with E-state index < -0.39 is 0 Å². The molecule has 2 rings (SSSR count). The number of hydrogen-bond acceptors (Lipinski definition) is 2. The van der Waals surface area contributed by atoms with E-state index in [0.717, 1.165) is 0 Å². The van der Waals surface area contributed by atoms with E-state index in [1.165, 1.54) is 37.1 Å². The van der Waals surface area contributed by atoms with Crippen LogP contribution >= 0.6 is 0 Å². The number of unbranched alkanes of at least 4 members (excludes halogenated alkanes) is 2. The first-order chi connectivity index (χ1) is 10.7. The number of anilines is 2. The summed E-state index contributed by atoms with van der Waals surface area (Å²) in [6.45, 7) is 2.26. The third-order valence-corrected chi connectivity index (χ3v) is 4.29. The Balaban J connectivity index is 2.18. The van der Waals surface area contributed by atoms with E-state index in [1.54, 1.807) is 0 Å². The lowest BCUT2D eigenvalue weighted by molar-refractivity contribution is 0.530. The standard InChI is InChI=1S/C20H28N2/c1-4-5-8-17-20(21(2)18-13-9-6-10-14-18)22(3)19-15-11-7-12-16-19/h6-7,9-16,20H,4-5,8,17H2,1-3H3.